The van der Waals surface area contributed by atoms with Crippen molar-refractivity contribution in [3.8, 4) is 5.75 Å². The van der Waals surface area contributed by atoms with E-state index >= 15 is 0 Å². The molecule has 0 aliphatic carbocycles. The number of carbonyl (C=O) groups is 3. The van der Waals surface area contributed by atoms with Crippen molar-refractivity contribution in [1.29, 1.82) is 0 Å². The number of carbonyl (C=O) groups excluding carboxylic acids is 2. The van der Waals surface area contributed by atoms with Crippen LogP contribution in [-0.4, -0.2) is 28.1 Å². The second-order valence-electron chi connectivity index (χ2n) is 6.47. The van der Waals surface area contributed by atoms with Gasteiger partial charge in [-0.05, 0) is 59.3 Å². The van der Waals surface area contributed by atoms with Crippen molar-refractivity contribution in [3.63, 3.8) is 0 Å². The lowest BCUT2D eigenvalue weighted by Gasteiger charge is -2.24. The Morgan fingerprint density at radius 1 is 1.13 bits per heavy atom. The van der Waals surface area contributed by atoms with E-state index in [9.17, 15) is 19.5 Å². The number of benzene rings is 2. The molecule has 0 fully saturated rings. The van der Waals surface area contributed by atoms with Crippen LogP contribution in [-0.2, 0) is 9.53 Å². The molecule has 9 heteroatoms. The molecule has 0 bridgehead atoms. The van der Waals surface area contributed by atoms with Crippen LogP contribution in [0.4, 0.5) is 10.5 Å². The van der Waals surface area contributed by atoms with Gasteiger partial charge in [-0.2, -0.15) is 0 Å². The quantitative estimate of drug-likeness (QED) is 0.307. The van der Waals surface area contributed by atoms with E-state index in [-0.39, 0.29) is 11.5 Å². The van der Waals surface area contributed by atoms with Gasteiger partial charge in [0.05, 0.1) is 4.47 Å². The van der Waals surface area contributed by atoms with Gasteiger partial charge < -0.3 is 14.9 Å². The highest BCUT2D eigenvalue weighted by Gasteiger charge is 2.27. The van der Waals surface area contributed by atoms with Crippen molar-refractivity contribution in [3.05, 3.63) is 68.6 Å². The Morgan fingerprint density at radius 2 is 1.77 bits per heavy atom. The lowest BCUT2D eigenvalue weighted by Crippen LogP contribution is -2.21. The summed E-state index contributed by atoms with van der Waals surface area (Å²) in [5, 5.41) is 21.9. The number of hydrogen-bond acceptors (Lipinski definition) is 5. The topological polar surface area (TPSA) is 113 Å². The van der Waals surface area contributed by atoms with Gasteiger partial charge in [-0.25, -0.2) is 9.59 Å². The summed E-state index contributed by atoms with van der Waals surface area (Å²) in [7, 11) is 0. The predicted molar refractivity (Wildman–Crippen MR) is 119 cm³/mol. The minimum atomic E-state index is -1.14. The summed E-state index contributed by atoms with van der Waals surface area (Å²) in [4.78, 5) is 34.7. The Bertz CT molecular complexity index is 988. The highest BCUT2D eigenvalue weighted by atomic mass is 79.9. The van der Waals surface area contributed by atoms with Crippen molar-refractivity contribution in [2.75, 3.05) is 5.32 Å². The van der Waals surface area contributed by atoms with E-state index in [2.05, 4.69) is 37.2 Å². The number of Topliss-reactive ketones (excluding diaryl/α,β-unsaturated/α-hetero) is 1. The Balaban J connectivity index is 2.29. The summed E-state index contributed by atoms with van der Waals surface area (Å²) in [6.07, 6.45) is 0.534. The molecule has 0 aromatic heterocycles. The molecule has 0 heterocycles. The molecule has 7 nitrogen and oxygen atoms in total. The minimum Gasteiger partial charge on any atom is -0.506 e. The van der Waals surface area contributed by atoms with Gasteiger partial charge in [-0.1, -0.05) is 28.9 Å². The van der Waals surface area contributed by atoms with Gasteiger partial charge >= 0.3 is 12.1 Å². The van der Waals surface area contributed by atoms with Gasteiger partial charge in [0.2, 0.25) is 0 Å². The van der Waals surface area contributed by atoms with Crippen LogP contribution in [0, 0.1) is 5.92 Å². The monoisotopic (exact) mass is 539 g/mol. The van der Waals surface area contributed by atoms with E-state index in [0.29, 0.717) is 25.8 Å². The molecule has 0 saturated carbocycles. The molecule has 1 amide bonds. The third-order valence-corrected chi connectivity index (χ3v) is 5.22. The van der Waals surface area contributed by atoms with E-state index in [1.54, 1.807) is 43.3 Å². The molecular formula is C21H19Br2NO6. The number of aromatic hydroxyl groups is 1. The number of amides is 1. The fraction of sp³-hybridized carbons (Fsp3) is 0.190. The molecule has 2 aromatic carbocycles. The van der Waals surface area contributed by atoms with E-state index in [1.807, 2.05) is 0 Å². The number of aliphatic carboxylic acids is 1. The predicted octanol–water partition coefficient (Wildman–Crippen LogP) is 5.69. The normalized spacial score (nSPS) is 12.9. The maximum atomic E-state index is 12.5. The maximum absolute atomic E-state index is 12.5. The number of hydrogen-bond donors (Lipinski definition) is 3. The third kappa shape index (κ3) is 6.43. The average Bonchev–Trinajstić information content (AvgIpc) is 2.67. The molecule has 0 radical (unpaired) electrons. The highest BCUT2D eigenvalue weighted by molar-refractivity contribution is 9.11. The fourth-order valence-corrected chi connectivity index (χ4v) is 3.90. The standard InChI is InChI=1S/C21H19Br2NO6/c1-11(3-8-18(26)27)20(16-9-14(22)10-17(23)19(16)28)30-21(29)24-15-6-4-13(5-7-15)12(2)25/h3-11,20,28H,1-2H3,(H,24,29)(H,26,27)/b8-3+/t11-,20+/m0/s1. The van der Waals surface area contributed by atoms with Crippen molar-refractivity contribution < 1.29 is 29.3 Å². The molecule has 0 saturated heterocycles. The molecule has 0 aliphatic heterocycles. The smallest absolute Gasteiger partial charge is 0.412 e. The Labute approximate surface area is 190 Å². The molecule has 2 aromatic rings. The first-order chi connectivity index (χ1) is 14.1. The molecule has 2 atom stereocenters. The SMILES string of the molecule is CC(=O)c1ccc(NC(=O)O[C@@H](c2cc(Br)cc(Br)c2O)[C@@H](C)/C=C/C(=O)O)cc1. The van der Waals surface area contributed by atoms with Crippen LogP contribution >= 0.6 is 31.9 Å². The van der Waals surface area contributed by atoms with Crippen molar-refractivity contribution in [1.82, 2.24) is 0 Å². The average molecular weight is 541 g/mol. The van der Waals surface area contributed by atoms with Crippen molar-refractivity contribution in [2.24, 2.45) is 5.92 Å². The molecule has 3 N–H and O–H groups in total. The first-order valence-corrected chi connectivity index (χ1v) is 10.3. The van der Waals surface area contributed by atoms with Crippen LogP contribution < -0.4 is 5.32 Å². The minimum absolute atomic E-state index is 0.0982. The third-order valence-electron chi connectivity index (χ3n) is 4.16. The van der Waals surface area contributed by atoms with E-state index in [4.69, 9.17) is 9.84 Å². The fourth-order valence-electron chi connectivity index (χ4n) is 2.64. The molecular weight excluding hydrogens is 522 g/mol. The number of halogens is 2. The van der Waals surface area contributed by atoms with Crippen LogP contribution in [0.25, 0.3) is 0 Å². The van der Waals surface area contributed by atoms with Gasteiger partial charge in [0.1, 0.15) is 11.9 Å². The second kappa shape index (κ2) is 10.4. The van der Waals surface area contributed by atoms with Gasteiger partial charge in [0.25, 0.3) is 0 Å². The zero-order valence-corrected chi connectivity index (χ0v) is 19.2. The zero-order valence-electron chi connectivity index (χ0n) is 16.1. The van der Waals surface area contributed by atoms with Crippen LogP contribution in [0.3, 0.4) is 0 Å². The van der Waals surface area contributed by atoms with Crippen molar-refractivity contribution >= 4 is 55.4 Å². The summed E-state index contributed by atoms with van der Waals surface area (Å²) in [5.41, 5.74) is 1.21. The maximum Gasteiger partial charge on any atom is 0.412 e. The number of ketones is 1. The highest BCUT2D eigenvalue weighted by Crippen LogP contribution is 2.40. The summed E-state index contributed by atoms with van der Waals surface area (Å²) in [6, 6.07) is 9.49. The molecule has 158 valence electrons. The number of anilines is 1. The van der Waals surface area contributed by atoms with Crippen LogP contribution in [0.5, 0.6) is 5.75 Å². The molecule has 30 heavy (non-hydrogen) atoms. The van der Waals surface area contributed by atoms with Crippen molar-refractivity contribution in [2.45, 2.75) is 20.0 Å². The largest absolute Gasteiger partial charge is 0.506 e. The van der Waals surface area contributed by atoms with E-state index in [1.165, 1.54) is 13.0 Å². The number of nitrogens with one attached hydrogen (secondary N) is 1. The molecule has 2 rings (SSSR count). The van der Waals surface area contributed by atoms with Gasteiger partial charge in [-0.15, -0.1) is 0 Å². The number of carboxylic acids is 1. The van der Waals surface area contributed by atoms with Gasteiger partial charge in [0, 0.05) is 33.3 Å². The van der Waals surface area contributed by atoms with Crippen LogP contribution in [0.1, 0.15) is 35.9 Å². The number of phenolic OH excluding ortho intramolecular Hbond substituents is 1. The summed E-state index contributed by atoms with van der Waals surface area (Å²) < 4.78 is 6.55. The first kappa shape index (κ1) is 23.6. The summed E-state index contributed by atoms with van der Waals surface area (Å²) in [5.74, 6) is -1.94. The van der Waals surface area contributed by atoms with Gasteiger partial charge in [-0.3, -0.25) is 10.1 Å². The lowest BCUT2D eigenvalue weighted by molar-refractivity contribution is -0.131. The van der Waals surface area contributed by atoms with Gasteiger partial charge in [0.15, 0.2) is 5.78 Å². The zero-order chi connectivity index (χ0) is 22.4. The second-order valence-corrected chi connectivity index (χ2v) is 8.24. The Kier molecular flexibility index (Phi) is 8.19. The Hall–Kier alpha value is -2.65. The van der Waals surface area contributed by atoms with E-state index < -0.39 is 24.1 Å². The Morgan fingerprint density at radius 3 is 2.33 bits per heavy atom. The number of carboxylic acid groups (broad SMARTS) is 1. The van der Waals surface area contributed by atoms with Crippen LogP contribution in [0.15, 0.2) is 57.5 Å². The first-order valence-electron chi connectivity index (χ1n) is 8.76. The number of rotatable bonds is 7. The lowest BCUT2D eigenvalue weighted by atomic mass is 9.96. The van der Waals surface area contributed by atoms with E-state index in [0.717, 1.165) is 6.08 Å². The summed E-state index contributed by atoms with van der Waals surface area (Å²) in [6.45, 7) is 3.10. The summed E-state index contributed by atoms with van der Waals surface area (Å²) >= 11 is 6.57. The number of ether oxygens (including phenoxy) is 1. The van der Waals surface area contributed by atoms with Crippen LogP contribution in [0.2, 0.25) is 0 Å². The molecule has 0 unspecified atom stereocenters. The molecule has 0 aliphatic rings. The molecule has 0 spiro atoms. The number of phenols is 1.